The molecule has 0 heterocycles. The van der Waals surface area contributed by atoms with Crippen molar-refractivity contribution >= 4 is 17.6 Å². The van der Waals surface area contributed by atoms with Crippen LogP contribution in [-0.2, 0) is 4.79 Å². The molecule has 5 heteroatoms. The van der Waals surface area contributed by atoms with Crippen LogP contribution < -0.4 is 5.32 Å². The van der Waals surface area contributed by atoms with Crippen LogP contribution in [0.1, 0.15) is 55.8 Å². The molecule has 4 nitrogen and oxygen atoms in total. The average Bonchev–Trinajstić information content (AvgIpc) is 2.38. The maximum absolute atomic E-state index is 13.4. The Labute approximate surface area is 118 Å². The van der Waals surface area contributed by atoms with Gasteiger partial charge in [-0.15, -0.1) is 0 Å². The van der Waals surface area contributed by atoms with Gasteiger partial charge in [-0.25, -0.2) is 9.18 Å². The molecule has 1 amide bonds. The molecule has 0 radical (unpaired) electrons. The van der Waals surface area contributed by atoms with E-state index in [1.54, 1.807) is 0 Å². The van der Waals surface area contributed by atoms with Crippen LogP contribution >= 0.6 is 0 Å². The Bertz CT molecular complexity index is 474. The fourth-order valence-corrected chi connectivity index (χ4v) is 1.95. The molecule has 0 atom stereocenters. The molecule has 0 aliphatic heterocycles. The highest BCUT2D eigenvalue weighted by molar-refractivity contribution is 6.00. The predicted molar refractivity (Wildman–Crippen MR) is 75.4 cm³/mol. The van der Waals surface area contributed by atoms with Gasteiger partial charge in [0.15, 0.2) is 0 Å². The maximum Gasteiger partial charge on any atom is 0.340 e. The second kappa shape index (κ2) is 8.30. The van der Waals surface area contributed by atoms with Crippen molar-refractivity contribution in [3.8, 4) is 0 Å². The third kappa shape index (κ3) is 4.99. The molecule has 0 saturated heterocycles. The van der Waals surface area contributed by atoms with E-state index in [0.29, 0.717) is 6.42 Å². The summed E-state index contributed by atoms with van der Waals surface area (Å²) in [7, 11) is 0. The molecule has 110 valence electrons. The van der Waals surface area contributed by atoms with E-state index in [1.807, 2.05) is 0 Å². The Morgan fingerprint density at radius 2 is 1.90 bits per heavy atom. The van der Waals surface area contributed by atoms with Crippen molar-refractivity contribution in [2.24, 2.45) is 0 Å². The molecule has 0 bridgehead atoms. The van der Waals surface area contributed by atoms with E-state index in [4.69, 9.17) is 5.11 Å². The third-order valence-corrected chi connectivity index (χ3v) is 3.01. The molecule has 1 aromatic rings. The maximum atomic E-state index is 13.4. The number of anilines is 1. The lowest BCUT2D eigenvalue weighted by molar-refractivity contribution is -0.116. The van der Waals surface area contributed by atoms with Crippen molar-refractivity contribution < 1.29 is 19.1 Å². The van der Waals surface area contributed by atoms with Gasteiger partial charge >= 0.3 is 5.97 Å². The van der Waals surface area contributed by atoms with Gasteiger partial charge in [0.1, 0.15) is 11.4 Å². The second-order valence-electron chi connectivity index (χ2n) is 4.68. The summed E-state index contributed by atoms with van der Waals surface area (Å²) in [5.74, 6) is -2.52. The van der Waals surface area contributed by atoms with Gasteiger partial charge in [0.2, 0.25) is 5.91 Å². The van der Waals surface area contributed by atoms with Gasteiger partial charge in [-0.1, -0.05) is 38.7 Å². The molecule has 1 aromatic carbocycles. The van der Waals surface area contributed by atoms with Gasteiger partial charge in [-0.2, -0.15) is 0 Å². The fourth-order valence-electron chi connectivity index (χ4n) is 1.95. The number of hydrogen-bond acceptors (Lipinski definition) is 2. The number of halogens is 1. The first-order valence-electron chi connectivity index (χ1n) is 6.88. The summed E-state index contributed by atoms with van der Waals surface area (Å²) in [5.41, 5.74) is -0.483. The molecular formula is C15H20FNO3. The number of amides is 1. The lowest BCUT2D eigenvalue weighted by Gasteiger charge is -2.09. The number of carboxylic acids is 1. The first-order valence-corrected chi connectivity index (χ1v) is 6.88. The molecular weight excluding hydrogens is 261 g/mol. The summed E-state index contributed by atoms with van der Waals surface area (Å²) in [6.45, 7) is 2.12. The Hall–Kier alpha value is -1.91. The summed E-state index contributed by atoms with van der Waals surface area (Å²) in [6, 6.07) is 3.82. The molecule has 0 fully saturated rings. The standard InChI is InChI=1S/C15H20FNO3/c1-2-3-4-5-6-10-13(18)17-12-9-7-8-11(16)14(12)15(19)20/h7-9H,2-6,10H2,1H3,(H,17,18)(H,19,20). The summed E-state index contributed by atoms with van der Waals surface area (Å²) in [4.78, 5) is 22.7. The number of unbranched alkanes of at least 4 members (excludes halogenated alkanes) is 4. The number of benzene rings is 1. The number of carbonyl (C=O) groups is 2. The van der Waals surface area contributed by atoms with Crippen molar-refractivity contribution in [2.75, 3.05) is 5.32 Å². The first-order chi connectivity index (χ1) is 9.56. The van der Waals surface area contributed by atoms with Gasteiger partial charge in [0.05, 0.1) is 5.69 Å². The summed E-state index contributed by atoms with van der Waals surface area (Å²) < 4.78 is 13.4. The monoisotopic (exact) mass is 281 g/mol. The van der Waals surface area contributed by atoms with E-state index >= 15 is 0 Å². The van der Waals surface area contributed by atoms with Crippen LogP contribution in [0.2, 0.25) is 0 Å². The van der Waals surface area contributed by atoms with Crippen LogP contribution in [0.15, 0.2) is 18.2 Å². The Morgan fingerprint density at radius 1 is 1.20 bits per heavy atom. The minimum Gasteiger partial charge on any atom is -0.478 e. The van der Waals surface area contributed by atoms with Gasteiger partial charge in [0.25, 0.3) is 0 Å². The quantitative estimate of drug-likeness (QED) is 0.712. The second-order valence-corrected chi connectivity index (χ2v) is 4.68. The molecule has 0 aliphatic rings. The number of nitrogens with one attached hydrogen (secondary N) is 1. The van der Waals surface area contributed by atoms with Crippen LogP contribution in [0.5, 0.6) is 0 Å². The summed E-state index contributed by atoms with van der Waals surface area (Å²) in [5, 5.41) is 11.4. The van der Waals surface area contributed by atoms with Crippen molar-refractivity contribution in [1.29, 1.82) is 0 Å². The molecule has 1 rings (SSSR count). The molecule has 0 aromatic heterocycles. The zero-order valence-corrected chi connectivity index (χ0v) is 11.6. The molecule has 0 saturated carbocycles. The summed E-state index contributed by atoms with van der Waals surface area (Å²) in [6.07, 6.45) is 5.41. The molecule has 0 unspecified atom stereocenters. The van der Waals surface area contributed by atoms with E-state index in [1.165, 1.54) is 12.1 Å². The predicted octanol–water partition coefficient (Wildman–Crippen LogP) is 3.82. The lowest BCUT2D eigenvalue weighted by atomic mass is 10.1. The van der Waals surface area contributed by atoms with Gasteiger partial charge in [0, 0.05) is 6.42 Å². The van der Waals surface area contributed by atoms with Crippen LogP contribution in [0.4, 0.5) is 10.1 Å². The smallest absolute Gasteiger partial charge is 0.340 e. The normalized spacial score (nSPS) is 10.3. The van der Waals surface area contributed by atoms with Crippen molar-refractivity contribution in [2.45, 2.75) is 45.4 Å². The van der Waals surface area contributed by atoms with Crippen LogP contribution in [0.25, 0.3) is 0 Å². The SMILES string of the molecule is CCCCCCCC(=O)Nc1cccc(F)c1C(=O)O. The minimum atomic E-state index is -1.39. The molecule has 0 spiro atoms. The molecule has 2 N–H and O–H groups in total. The van der Waals surface area contributed by atoms with E-state index in [0.717, 1.165) is 38.2 Å². The highest BCUT2D eigenvalue weighted by Crippen LogP contribution is 2.19. The van der Waals surface area contributed by atoms with Crippen molar-refractivity contribution in [3.63, 3.8) is 0 Å². The van der Waals surface area contributed by atoms with E-state index in [2.05, 4.69) is 12.2 Å². The zero-order valence-electron chi connectivity index (χ0n) is 11.6. The summed E-state index contributed by atoms with van der Waals surface area (Å²) >= 11 is 0. The minimum absolute atomic E-state index is 0.0102. The largest absolute Gasteiger partial charge is 0.478 e. The highest BCUT2D eigenvalue weighted by Gasteiger charge is 2.16. The number of rotatable bonds is 8. The number of aromatic carboxylic acids is 1. The first kappa shape index (κ1) is 16.1. The molecule has 0 aliphatic carbocycles. The lowest BCUT2D eigenvalue weighted by Crippen LogP contribution is -2.15. The van der Waals surface area contributed by atoms with Gasteiger partial charge in [-0.05, 0) is 18.6 Å². The van der Waals surface area contributed by atoms with Crippen LogP contribution in [0, 0.1) is 5.82 Å². The van der Waals surface area contributed by atoms with Crippen LogP contribution in [0.3, 0.4) is 0 Å². The number of hydrogen-bond donors (Lipinski definition) is 2. The van der Waals surface area contributed by atoms with Crippen LogP contribution in [-0.4, -0.2) is 17.0 Å². The fraction of sp³-hybridized carbons (Fsp3) is 0.467. The topological polar surface area (TPSA) is 66.4 Å². The third-order valence-electron chi connectivity index (χ3n) is 3.01. The van der Waals surface area contributed by atoms with Gasteiger partial charge in [-0.3, -0.25) is 4.79 Å². The molecule has 20 heavy (non-hydrogen) atoms. The van der Waals surface area contributed by atoms with Crippen molar-refractivity contribution in [1.82, 2.24) is 0 Å². The number of carbonyl (C=O) groups excluding carboxylic acids is 1. The zero-order chi connectivity index (χ0) is 15.0. The number of carboxylic acid groups (broad SMARTS) is 1. The highest BCUT2D eigenvalue weighted by atomic mass is 19.1. The Morgan fingerprint density at radius 3 is 2.55 bits per heavy atom. The Kier molecular flexibility index (Phi) is 6.70. The van der Waals surface area contributed by atoms with E-state index in [9.17, 15) is 14.0 Å². The van der Waals surface area contributed by atoms with E-state index in [-0.39, 0.29) is 11.6 Å². The Balaban J connectivity index is 2.54. The van der Waals surface area contributed by atoms with E-state index < -0.39 is 17.3 Å². The van der Waals surface area contributed by atoms with Gasteiger partial charge < -0.3 is 10.4 Å². The van der Waals surface area contributed by atoms with Crippen molar-refractivity contribution in [3.05, 3.63) is 29.6 Å². The average molecular weight is 281 g/mol.